The van der Waals surface area contributed by atoms with Crippen molar-refractivity contribution in [1.82, 2.24) is 24.8 Å². The first-order valence-electron chi connectivity index (χ1n) is 23.0. The molecule has 4 aromatic rings. The molecule has 2 aromatic heterocycles. The lowest BCUT2D eigenvalue weighted by Crippen LogP contribution is -2.55. The number of anilines is 1. The monoisotopic (exact) mass is 864 g/mol. The molecule has 2 bridgehead atoms. The van der Waals surface area contributed by atoms with Crippen LogP contribution in [0.4, 0.5) is 15.0 Å². The van der Waals surface area contributed by atoms with E-state index in [1.165, 1.54) is 0 Å². The number of nitrogens with zero attached hydrogens (tertiary/aromatic N) is 6. The third kappa shape index (κ3) is 7.78. The molecule has 4 fully saturated rings. The maximum atomic E-state index is 17.9. The summed E-state index contributed by atoms with van der Waals surface area (Å²) in [5.74, 6) is 5.30. The van der Waals surface area contributed by atoms with E-state index in [1.807, 2.05) is 30.3 Å². The Morgan fingerprint density at radius 2 is 1.61 bits per heavy atom. The van der Waals surface area contributed by atoms with Gasteiger partial charge < -0.3 is 24.2 Å². The zero-order valence-corrected chi connectivity index (χ0v) is 39.1. The van der Waals surface area contributed by atoms with E-state index in [9.17, 15) is 9.90 Å². The average Bonchev–Trinajstić information content (AvgIpc) is 3.86. The summed E-state index contributed by atoms with van der Waals surface area (Å²) in [5, 5.41) is 12.2. The predicted octanol–water partition coefficient (Wildman–Crippen LogP) is 10.1. The largest absolute Gasteiger partial charge is 0.468 e. The number of fused-ring (bicyclic) bond motifs is 5. The summed E-state index contributed by atoms with van der Waals surface area (Å²) in [6.45, 7) is 21.8. The molecule has 0 saturated carbocycles. The van der Waals surface area contributed by atoms with Crippen LogP contribution in [0.3, 0.4) is 0 Å². The van der Waals surface area contributed by atoms with Crippen molar-refractivity contribution >= 4 is 41.7 Å². The standard InChI is InChI=1S/C49H65FN6O5Si/c1-10-33-21-49(22-34(11-2)25-55(49)24-33)28-60-47-52-45-41(46(53-47)54-26-37-15-16-38(27-54)56(37)48(57)58)23-51-44(43(45)50)40-20-39(61-29-59-9)19-36-14-12-13-35(42(36)40)17-18-62(30(3)4,31(5)6)32(7)8/h12-14,19-20,23,30-34,37-38H,10-11,15-16,21-22,24-29H2,1-9H3,(H,57,58)/t33?,34?,37-,38+,49?. The van der Waals surface area contributed by atoms with Crippen LogP contribution in [0.1, 0.15) is 99.5 Å². The molecule has 332 valence electrons. The van der Waals surface area contributed by atoms with Crippen molar-refractivity contribution in [3.05, 3.63) is 47.9 Å². The molecule has 4 atom stereocenters. The van der Waals surface area contributed by atoms with Gasteiger partial charge in [0.15, 0.2) is 12.6 Å². The summed E-state index contributed by atoms with van der Waals surface area (Å²) in [4.78, 5) is 33.4. The lowest BCUT2D eigenvalue weighted by molar-refractivity contribution is 0.0512. The summed E-state index contributed by atoms with van der Waals surface area (Å²) in [5.41, 5.74) is 6.68. The number of piperazine rings is 1. The van der Waals surface area contributed by atoms with Crippen LogP contribution in [0.5, 0.6) is 11.8 Å². The van der Waals surface area contributed by atoms with Crippen LogP contribution in [-0.2, 0) is 4.74 Å². The van der Waals surface area contributed by atoms with E-state index < -0.39 is 20.0 Å². The number of amides is 1. The van der Waals surface area contributed by atoms with Crippen molar-refractivity contribution in [2.75, 3.05) is 51.6 Å². The van der Waals surface area contributed by atoms with Crippen LogP contribution in [0, 0.1) is 29.1 Å². The molecule has 8 rings (SSSR count). The second-order valence-corrected chi connectivity index (χ2v) is 25.0. The molecular formula is C49H65FN6O5Si. The number of benzene rings is 2. The van der Waals surface area contributed by atoms with Gasteiger partial charge in [0.1, 0.15) is 37.5 Å². The minimum Gasteiger partial charge on any atom is -0.468 e. The summed E-state index contributed by atoms with van der Waals surface area (Å²) < 4.78 is 35.9. The molecule has 1 N–H and O–H groups in total. The van der Waals surface area contributed by atoms with Crippen molar-refractivity contribution in [2.24, 2.45) is 11.8 Å². The Bertz CT molecular complexity index is 2330. The molecule has 2 unspecified atom stereocenters. The number of hydrogen-bond donors (Lipinski definition) is 1. The number of ether oxygens (including phenoxy) is 3. The van der Waals surface area contributed by atoms with E-state index in [2.05, 4.69) is 76.7 Å². The maximum absolute atomic E-state index is 17.9. The summed E-state index contributed by atoms with van der Waals surface area (Å²) in [6, 6.07) is 9.52. The lowest BCUT2D eigenvalue weighted by Gasteiger charge is -2.40. The third-order valence-electron chi connectivity index (χ3n) is 15.1. The van der Waals surface area contributed by atoms with Gasteiger partial charge in [-0.1, -0.05) is 86.3 Å². The summed E-state index contributed by atoms with van der Waals surface area (Å²) in [6.07, 6.45) is 6.64. The Hall–Kier alpha value is -4.51. The van der Waals surface area contributed by atoms with Gasteiger partial charge in [0.05, 0.1) is 23.0 Å². The van der Waals surface area contributed by atoms with Gasteiger partial charge in [0.2, 0.25) is 0 Å². The Balaban J connectivity index is 1.29. The van der Waals surface area contributed by atoms with Crippen molar-refractivity contribution < 1.29 is 28.5 Å². The number of methoxy groups -OCH3 is 1. The van der Waals surface area contributed by atoms with Gasteiger partial charge >= 0.3 is 12.1 Å². The van der Waals surface area contributed by atoms with Gasteiger partial charge in [-0.25, -0.2) is 9.18 Å². The zero-order valence-electron chi connectivity index (χ0n) is 38.1. The number of pyridine rings is 1. The van der Waals surface area contributed by atoms with E-state index in [-0.39, 0.29) is 41.6 Å². The second kappa shape index (κ2) is 17.6. The predicted molar refractivity (Wildman–Crippen MR) is 246 cm³/mol. The highest BCUT2D eigenvalue weighted by atomic mass is 28.3. The molecule has 0 aliphatic carbocycles. The lowest BCUT2D eigenvalue weighted by atomic mass is 9.86. The fourth-order valence-electron chi connectivity index (χ4n) is 12.0. The molecule has 6 heterocycles. The number of aromatic nitrogens is 3. The number of halogens is 1. The quantitative estimate of drug-likeness (QED) is 0.0792. The Labute approximate surface area is 367 Å². The molecule has 11 nitrogen and oxygen atoms in total. The van der Waals surface area contributed by atoms with Gasteiger partial charge in [0.25, 0.3) is 0 Å². The number of hydrogen-bond acceptors (Lipinski definition) is 9. The molecule has 4 aliphatic rings. The first-order valence-corrected chi connectivity index (χ1v) is 25.2. The van der Waals surface area contributed by atoms with Gasteiger partial charge in [-0.05, 0) is 77.7 Å². The maximum Gasteiger partial charge on any atom is 0.407 e. The number of rotatable bonds is 13. The number of carboxylic acid groups (broad SMARTS) is 1. The fourth-order valence-corrected chi connectivity index (χ4v) is 17.2. The molecule has 4 aliphatic heterocycles. The van der Waals surface area contributed by atoms with Crippen LogP contribution in [0.25, 0.3) is 32.9 Å². The molecular weight excluding hydrogens is 800 g/mol. The SMILES string of the molecule is CCC1CN2CC(CC)CC2(COc2nc(N3C[C@H]4CC[C@@H](C3)N4C(=O)O)c3cnc(-c4cc(OCOC)cc5cccc(C#C[Si](C(C)C)(C(C)C)C(C)C)c45)c(F)c3n2)C1. The third-order valence-corrected chi connectivity index (χ3v) is 21.4. The highest BCUT2D eigenvalue weighted by Crippen LogP contribution is 2.47. The highest BCUT2D eigenvalue weighted by Gasteiger charge is 2.52. The smallest absolute Gasteiger partial charge is 0.407 e. The van der Waals surface area contributed by atoms with Crippen molar-refractivity contribution in [2.45, 2.75) is 128 Å². The van der Waals surface area contributed by atoms with Crippen molar-refractivity contribution in [3.63, 3.8) is 0 Å². The van der Waals surface area contributed by atoms with Crippen LogP contribution in [-0.4, -0.2) is 108 Å². The molecule has 62 heavy (non-hydrogen) atoms. The van der Waals surface area contributed by atoms with E-state index in [0.29, 0.717) is 70.7 Å². The van der Waals surface area contributed by atoms with E-state index in [1.54, 1.807) is 18.2 Å². The van der Waals surface area contributed by atoms with Crippen molar-refractivity contribution in [1.29, 1.82) is 0 Å². The van der Waals surface area contributed by atoms with E-state index >= 15 is 4.39 Å². The Kier molecular flexibility index (Phi) is 12.5. The van der Waals surface area contributed by atoms with Crippen LogP contribution >= 0.6 is 0 Å². The number of carbonyl (C=O) groups is 1. The van der Waals surface area contributed by atoms with E-state index in [4.69, 9.17) is 29.2 Å². The molecule has 4 saturated heterocycles. The summed E-state index contributed by atoms with van der Waals surface area (Å²) >= 11 is 0. The highest BCUT2D eigenvalue weighted by molar-refractivity contribution is 6.90. The minimum atomic E-state index is -2.12. The van der Waals surface area contributed by atoms with Crippen molar-refractivity contribution in [3.8, 4) is 34.5 Å². The molecule has 2 aromatic carbocycles. The summed E-state index contributed by atoms with van der Waals surface area (Å²) in [7, 11) is -0.552. The first-order chi connectivity index (χ1) is 29.7. The second-order valence-electron chi connectivity index (χ2n) is 19.4. The van der Waals surface area contributed by atoms with Gasteiger partial charge in [0, 0.05) is 56.0 Å². The Morgan fingerprint density at radius 1 is 0.952 bits per heavy atom. The normalized spacial score (nSPS) is 23.8. The minimum absolute atomic E-state index is 0.0225. The van der Waals surface area contributed by atoms with E-state index in [0.717, 1.165) is 68.0 Å². The van der Waals surface area contributed by atoms with Crippen LogP contribution in [0.15, 0.2) is 36.5 Å². The fraction of sp³-hybridized carbons (Fsp3) is 0.592. The van der Waals surface area contributed by atoms with Gasteiger partial charge in [-0.2, -0.15) is 9.97 Å². The average molecular weight is 865 g/mol. The van der Waals surface area contributed by atoms with Crippen LogP contribution in [0.2, 0.25) is 16.6 Å². The Morgan fingerprint density at radius 3 is 2.21 bits per heavy atom. The van der Waals surface area contributed by atoms with Gasteiger partial charge in [-0.15, -0.1) is 5.54 Å². The topological polar surface area (TPSA) is 113 Å². The first kappa shape index (κ1) is 44.1. The van der Waals surface area contributed by atoms with Crippen LogP contribution < -0.4 is 14.4 Å². The molecule has 0 radical (unpaired) electrons. The molecule has 0 spiro atoms. The molecule has 13 heteroatoms. The zero-order chi connectivity index (χ0) is 44.1. The van der Waals surface area contributed by atoms with Gasteiger partial charge in [-0.3, -0.25) is 14.8 Å². The molecule has 1 amide bonds.